The number of nitrogens with zero attached hydrogens (tertiary/aromatic N) is 1. The largest absolute Gasteiger partial charge is 0.367 e. The van der Waals surface area contributed by atoms with Crippen LogP contribution < -0.4 is 5.43 Å². The molecule has 1 aromatic heterocycles. The number of amides is 1. The van der Waals surface area contributed by atoms with Gasteiger partial charge in [-0.05, 0) is 6.07 Å². The summed E-state index contributed by atoms with van der Waals surface area (Å²) in [5.41, 5.74) is 0.0937. The molecule has 0 atom stereocenters. The third kappa shape index (κ3) is 2.88. The van der Waals surface area contributed by atoms with Crippen LogP contribution in [-0.4, -0.2) is 22.8 Å². The fourth-order valence-electron chi connectivity index (χ4n) is 1.74. The van der Waals surface area contributed by atoms with Gasteiger partial charge in [0.15, 0.2) is 5.43 Å². The number of rotatable bonds is 3. The minimum absolute atomic E-state index is 0.0429. The van der Waals surface area contributed by atoms with E-state index in [2.05, 4.69) is 4.98 Å². The molecule has 98 valence electrons. The first kappa shape index (κ1) is 13.0. The number of aromatic nitrogens is 1. The van der Waals surface area contributed by atoms with Crippen molar-refractivity contribution in [2.75, 3.05) is 7.05 Å². The molecule has 0 aliphatic rings. The van der Waals surface area contributed by atoms with E-state index in [9.17, 15) is 14.0 Å². The second kappa shape index (κ2) is 5.48. The number of aromatic amines is 1. The number of hydrogen-bond donors (Lipinski definition) is 1. The summed E-state index contributed by atoms with van der Waals surface area (Å²) >= 11 is 0. The molecule has 0 spiro atoms. The van der Waals surface area contributed by atoms with Crippen LogP contribution in [0.1, 0.15) is 15.9 Å². The van der Waals surface area contributed by atoms with Gasteiger partial charge in [0.2, 0.25) is 0 Å². The van der Waals surface area contributed by atoms with Crippen LogP contribution in [-0.2, 0) is 6.54 Å². The summed E-state index contributed by atoms with van der Waals surface area (Å²) in [5.74, 6) is -0.811. The van der Waals surface area contributed by atoms with Gasteiger partial charge < -0.3 is 9.88 Å². The first-order chi connectivity index (χ1) is 9.09. The maximum absolute atomic E-state index is 13.5. The smallest absolute Gasteiger partial charge is 0.259 e. The second-order valence-corrected chi connectivity index (χ2v) is 4.17. The van der Waals surface area contributed by atoms with Crippen molar-refractivity contribution in [3.63, 3.8) is 0 Å². The van der Waals surface area contributed by atoms with Gasteiger partial charge in [-0.15, -0.1) is 0 Å². The van der Waals surface area contributed by atoms with E-state index in [1.807, 2.05) is 0 Å². The molecule has 1 aromatic carbocycles. The van der Waals surface area contributed by atoms with Gasteiger partial charge in [0.05, 0.1) is 0 Å². The molecule has 2 rings (SSSR count). The number of carbonyl (C=O) groups is 1. The van der Waals surface area contributed by atoms with Gasteiger partial charge in [-0.25, -0.2) is 4.39 Å². The van der Waals surface area contributed by atoms with Gasteiger partial charge in [0, 0.05) is 37.6 Å². The first-order valence-electron chi connectivity index (χ1n) is 5.75. The molecule has 4 nitrogen and oxygen atoms in total. The zero-order chi connectivity index (χ0) is 13.8. The summed E-state index contributed by atoms with van der Waals surface area (Å²) < 4.78 is 13.5. The lowest BCUT2D eigenvalue weighted by Gasteiger charge is -2.17. The summed E-state index contributed by atoms with van der Waals surface area (Å²) in [7, 11) is 1.53. The lowest BCUT2D eigenvalue weighted by molar-refractivity contribution is 0.0782. The molecule has 0 saturated carbocycles. The number of benzene rings is 1. The monoisotopic (exact) mass is 260 g/mol. The summed E-state index contributed by atoms with van der Waals surface area (Å²) in [5, 5.41) is 0. The second-order valence-electron chi connectivity index (χ2n) is 4.17. The summed E-state index contributed by atoms with van der Waals surface area (Å²) in [6.07, 6.45) is 2.80. The van der Waals surface area contributed by atoms with Crippen LogP contribution in [0.5, 0.6) is 0 Å². The van der Waals surface area contributed by atoms with Crippen LogP contribution in [0.4, 0.5) is 4.39 Å². The highest BCUT2D eigenvalue weighted by Gasteiger charge is 2.16. The summed E-state index contributed by atoms with van der Waals surface area (Å²) in [6, 6.07) is 7.51. The Hall–Kier alpha value is -2.43. The zero-order valence-electron chi connectivity index (χ0n) is 10.4. The van der Waals surface area contributed by atoms with Gasteiger partial charge in [-0.1, -0.05) is 18.2 Å². The van der Waals surface area contributed by atoms with Crippen LogP contribution in [0.25, 0.3) is 0 Å². The molecule has 1 N–H and O–H groups in total. The lowest BCUT2D eigenvalue weighted by atomic mass is 10.2. The Morgan fingerprint density at radius 2 is 2.05 bits per heavy atom. The van der Waals surface area contributed by atoms with Gasteiger partial charge in [0.1, 0.15) is 11.4 Å². The lowest BCUT2D eigenvalue weighted by Crippen LogP contribution is -2.30. The van der Waals surface area contributed by atoms with Crippen LogP contribution in [0, 0.1) is 5.82 Å². The van der Waals surface area contributed by atoms with Crippen molar-refractivity contribution in [1.29, 1.82) is 0 Å². The number of H-pyrrole nitrogens is 1. The molecule has 1 heterocycles. The van der Waals surface area contributed by atoms with Crippen molar-refractivity contribution in [3.05, 3.63) is 69.9 Å². The molecule has 19 heavy (non-hydrogen) atoms. The molecule has 5 heteroatoms. The first-order valence-corrected chi connectivity index (χ1v) is 5.75. The maximum Gasteiger partial charge on any atom is 0.259 e. The van der Waals surface area contributed by atoms with Crippen molar-refractivity contribution in [1.82, 2.24) is 9.88 Å². The van der Waals surface area contributed by atoms with E-state index < -0.39 is 5.91 Å². The van der Waals surface area contributed by atoms with Crippen LogP contribution in [0.15, 0.2) is 47.5 Å². The van der Waals surface area contributed by atoms with E-state index in [1.165, 1.54) is 36.5 Å². The normalized spacial score (nSPS) is 10.2. The average Bonchev–Trinajstić information content (AvgIpc) is 2.41. The Morgan fingerprint density at radius 1 is 1.32 bits per heavy atom. The van der Waals surface area contributed by atoms with E-state index in [0.717, 1.165) is 0 Å². The third-order valence-corrected chi connectivity index (χ3v) is 2.77. The highest BCUT2D eigenvalue weighted by Crippen LogP contribution is 2.10. The standard InChI is InChI=1S/C14H13FN2O2/c1-17(9-10-4-2-3-5-12(10)15)14(19)11-8-16-7-6-13(11)18/h2-8H,9H2,1H3,(H,16,18). The van der Waals surface area contributed by atoms with Gasteiger partial charge in [-0.3, -0.25) is 9.59 Å². The van der Waals surface area contributed by atoms with Gasteiger partial charge in [0.25, 0.3) is 5.91 Å². The molecule has 0 aliphatic heterocycles. The number of halogens is 1. The predicted octanol–water partition coefficient (Wildman–Crippen LogP) is 1.79. The van der Waals surface area contributed by atoms with Crippen molar-refractivity contribution < 1.29 is 9.18 Å². The Morgan fingerprint density at radius 3 is 2.74 bits per heavy atom. The van der Waals surface area contributed by atoms with Gasteiger partial charge in [-0.2, -0.15) is 0 Å². The predicted molar refractivity (Wildman–Crippen MR) is 69.3 cm³/mol. The van der Waals surface area contributed by atoms with Gasteiger partial charge >= 0.3 is 0 Å². The van der Waals surface area contributed by atoms with E-state index >= 15 is 0 Å². The van der Waals surface area contributed by atoms with E-state index in [4.69, 9.17) is 0 Å². The van der Waals surface area contributed by atoms with E-state index in [0.29, 0.717) is 5.56 Å². The summed E-state index contributed by atoms with van der Waals surface area (Å²) in [6.45, 7) is 0.111. The van der Waals surface area contributed by atoms with E-state index in [1.54, 1.807) is 18.2 Å². The van der Waals surface area contributed by atoms with Crippen LogP contribution in [0.3, 0.4) is 0 Å². The fraction of sp³-hybridized carbons (Fsp3) is 0.143. The topological polar surface area (TPSA) is 53.2 Å². The van der Waals surface area contributed by atoms with Crippen molar-refractivity contribution >= 4 is 5.91 Å². The molecule has 1 amide bonds. The molecule has 0 aliphatic carbocycles. The zero-order valence-corrected chi connectivity index (χ0v) is 10.4. The maximum atomic E-state index is 13.5. The highest BCUT2D eigenvalue weighted by molar-refractivity contribution is 5.93. The Bertz CT molecular complexity index is 652. The highest BCUT2D eigenvalue weighted by atomic mass is 19.1. The average molecular weight is 260 g/mol. The SMILES string of the molecule is CN(Cc1ccccc1F)C(=O)c1c[nH]ccc1=O. The van der Waals surface area contributed by atoms with Crippen LogP contribution >= 0.6 is 0 Å². The number of pyridine rings is 1. The van der Waals surface area contributed by atoms with E-state index in [-0.39, 0.29) is 23.4 Å². The van der Waals surface area contributed by atoms with Crippen LogP contribution in [0.2, 0.25) is 0 Å². The molecule has 0 fully saturated rings. The molecule has 0 radical (unpaired) electrons. The molecule has 0 bridgehead atoms. The summed E-state index contributed by atoms with van der Waals surface area (Å²) in [4.78, 5) is 27.6. The number of carbonyl (C=O) groups excluding carboxylic acids is 1. The minimum Gasteiger partial charge on any atom is -0.367 e. The van der Waals surface area contributed by atoms with Crippen molar-refractivity contribution in [2.45, 2.75) is 6.54 Å². The molecular formula is C14H13FN2O2. The fourth-order valence-corrected chi connectivity index (χ4v) is 1.74. The number of hydrogen-bond acceptors (Lipinski definition) is 2. The van der Waals surface area contributed by atoms with Crippen molar-refractivity contribution in [3.8, 4) is 0 Å². The molecule has 0 saturated heterocycles. The Kier molecular flexibility index (Phi) is 3.75. The Balaban J connectivity index is 2.19. The number of nitrogens with one attached hydrogen (secondary N) is 1. The van der Waals surface area contributed by atoms with Crippen molar-refractivity contribution in [2.24, 2.45) is 0 Å². The Labute approximate surface area is 109 Å². The molecule has 2 aromatic rings. The minimum atomic E-state index is -0.440. The molecular weight excluding hydrogens is 247 g/mol. The quantitative estimate of drug-likeness (QED) is 0.914. The third-order valence-electron chi connectivity index (χ3n) is 2.77. The molecule has 0 unspecified atom stereocenters.